The number of fused-ring (bicyclic) bond motifs is 1. The van der Waals surface area contributed by atoms with Gasteiger partial charge in [0.2, 0.25) is 0 Å². The molecule has 1 aromatic carbocycles. The SMILES string of the molecule is Cc1ccc(-c2nc3c(s2)C(=O)CC(C)(C)C3)cc1C. The predicted octanol–water partition coefficient (Wildman–Crippen LogP) is 4.58. The molecule has 0 fully saturated rings. The van der Waals surface area contributed by atoms with E-state index in [0.717, 1.165) is 27.6 Å². The van der Waals surface area contributed by atoms with Gasteiger partial charge in [-0.05, 0) is 42.9 Å². The molecule has 0 atom stereocenters. The first-order chi connectivity index (χ1) is 9.35. The molecule has 0 saturated heterocycles. The minimum Gasteiger partial charge on any atom is -0.293 e. The van der Waals surface area contributed by atoms with E-state index in [1.54, 1.807) is 11.3 Å². The van der Waals surface area contributed by atoms with E-state index in [1.807, 2.05) is 0 Å². The Labute approximate surface area is 123 Å². The third-order valence-corrected chi connectivity index (χ3v) is 5.18. The van der Waals surface area contributed by atoms with Gasteiger partial charge in [-0.15, -0.1) is 11.3 Å². The number of nitrogens with zero attached hydrogens (tertiary/aromatic N) is 1. The van der Waals surface area contributed by atoms with E-state index in [4.69, 9.17) is 4.98 Å². The molecule has 1 aliphatic rings. The second kappa shape index (κ2) is 4.52. The number of aryl methyl sites for hydroxylation is 2. The van der Waals surface area contributed by atoms with Gasteiger partial charge in [0, 0.05) is 12.0 Å². The van der Waals surface area contributed by atoms with Crippen LogP contribution in [0, 0.1) is 19.3 Å². The molecule has 0 radical (unpaired) electrons. The van der Waals surface area contributed by atoms with Crippen molar-refractivity contribution in [2.45, 2.75) is 40.5 Å². The molecular formula is C17H19NOS. The van der Waals surface area contributed by atoms with Gasteiger partial charge in [-0.25, -0.2) is 4.98 Å². The average molecular weight is 285 g/mol. The van der Waals surface area contributed by atoms with Gasteiger partial charge in [-0.2, -0.15) is 0 Å². The number of Topliss-reactive ketones (excluding diaryl/α,β-unsaturated/α-hetero) is 1. The van der Waals surface area contributed by atoms with Crippen molar-refractivity contribution in [1.29, 1.82) is 0 Å². The Morgan fingerprint density at radius 2 is 1.90 bits per heavy atom. The van der Waals surface area contributed by atoms with E-state index in [9.17, 15) is 4.79 Å². The maximum absolute atomic E-state index is 12.2. The maximum Gasteiger partial charge on any atom is 0.175 e. The molecular weight excluding hydrogens is 266 g/mol. The van der Waals surface area contributed by atoms with Crippen molar-refractivity contribution in [3.8, 4) is 10.6 Å². The highest BCUT2D eigenvalue weighted by atomic mass is 32.1. The third-order valence-electron chi connectivity index (χ3n) is 3.99. The lowest BCUT2D eigenvalue weighted by Gasteiger charge is -2.26. The maximum atomic E-state index is 12.2. The van der Waals surface area contributed by atoms with Crippen LogP contribution in [-0.2, 0) is 6.42 Å². The summed E-state index contributed by atoms with van der Waals surface area (Å²) in [5.41, 5.74) is 4.70. The van der Waals surface area contributed by atoms with Crippen LogP contribution in [0.15, 0.2) is 18.2 Å². The van der Waals surface area contributed by atoms with Crippen molar-refractivity contribution in [1.82, 2.24) is 4.98 Å². The molecule has 104 valence electrons. The monoisotopic (exact) mass is 285 g/mol. The first-order valence-electron chi connectivity index (χ1n) is 6.96. The van der Waals surface area contributed by atoms with Gasteiger partial charge in [-0.1, -0.05) is 26.0 Å². The van der Waals surface area contributed by atoms with E-state index in [2.05, 4.69) is 45.9 Å². The normalized spacial score (nSPS) is 17.1. The van der Waals surface area contributed by atoms with Crippen molar-refractivity contribution in [3.63, 3.8) is 0 Å². The third kappa shape index (κ3) is 2.31. The Hall–Kier alpha value is -1.48. The zero-order valence-corrected chi connectivity index (χ0v) is 13.2. The Morgan fingerprint density at radius 3 is 2.60 bits per heavy atom. The number of ketones is 1. The largest absolute Gasteiger partial charge is 0.293 e. The fourth-order valence-electron chi connectivity index (χ4n) is 2.72. The molecule has 0 unspecified atom stereocenters. The summed E-state index contributed by atoms with van der Waals surface area (Å²) in [6.07, 6.45) is 1.53. The molecule has 3 rings (SSSR count). The highest BCUT2D eigenvalue weighted by Gasteiger charge is 2.33. The summed E-state index contributed by atoms with van der Waals surface area (Å²) in [4.78, 5) is 17.8. The number of carbonyl (C=O) groups is 1. The van der Waals surface area contributed by atoms with E-state index in [-0.39, 0.29) is 11.2 Å². The van der Waals surface area contributed by atoms with E-state index in [1.165, 1.54) is 11.1 Å². The summed E-state index contributed by atoms with van der Waals surface area (Å²) in [5, 5.41) is 0.976. The number of hydrogen-bond acceptors (Lipinski definition) is 3. The smallest absolute Gasteiger partial charge is 0.175 e. The summed E-state index contributed by atoms with van der Waals surface area (Å²) >= 11 is 1.55. The van der Waals surface area contributed by atoms with Gasteiger partial charge in [0.05, 0.1) is 10.6 Å². The van der Waals surface area contributed by atoms with Crippen LogP contribution in [0.4, 0.5) is 0 Å². The molecule has 0 spiro atoms. The van der Waals surface area contributed by atoms with E-state index >= 15 is 0 Å². The van der Waals surface area contributed by atoms with Gasteiger partial charge in [0.1, 0.15) is 5.01 Å². The zero-order chi connectivity index (χ0) is 14.5. The first-order valence-corrected chi connectivity index (χ1v) is 7.78. The van der Waals surface area contributed by atoms with Gasteiger partial charge in [0.25, 0.3) is 0 Å². The van der Waals surface area contributed by atoms with Gasteiger partial charge in [-0.3, -0.25) is 4.79 Å². The summed E-state index contributed by atoms with van der Waals surface area (Å²) in [7, 11) is 0. The second-order valence-corrected chi connectivity index (χ2v) is 7.53. The molecule has 0 saturated carbocycles. The van der Waals surface area contributed by atoms with Crippen LogP contribution in [0.2, 0.25) is 0 Å². The molecule has 1 heterocycles. The van der Waals surface area contributed by atoms with Crippen LogP contribution in [0.25, 0.3) is 10.6 Å². The molecule has 0 bridgehead atoms. The molecule has 1 aliphatic carbocycles. The number of aromatic nitrogens is 1. The molecule has 3 heteroatoms. The molecule has 1 aromatic heterocycles. The zero-order valence-electron chi connectivity index (χ0n) is 12.4. The van der Waals surface area contributed by atoms with Crippen molar-refractivity contribution in [2.24, 2.45) is 5.41 Å². The first kappa shape index (κ1) is 13.5. The summed E-state index contributed by atoms with van der Waals surface area (Å²) in [5.74, 6) is 0.254. The lowest BCUT2D eigenvalue weighted by molar-refractivity contribution is 0.0916. The molecule has 2 nitrogen and oxygen atoms in total. The standard InChI is InChI=1S/C17H19NOS/c1-10-5-6-12(7-11(10)2)16-18-13-8-17(3,4)9-14(19)15(13)20-16/h5-7H,8-9H2,1-4H3. The van der Waals surface area contributed by atoms with E-state index < -0.39 is 0 Å². The number of benzene rings is 1. The van der Waals surface area contributed by atoms with Crippen LogP contribution in [0.1, 0.15) is 46.8 Å². The minimum atomic E-state index is 0.0403. The van der Waals surface area contributed by atoms with Crippen LogP contribution in [0.3, 0.4) is 0 Å². The summed E-state index contributed by atoms with van der Waals surface area (Å²) in [6, 6.07) is 6.38. The Kier molecular flexibility index (Phi) is 3.05. The average Bonchev–Trinajstić information content (AvgIpc) is 2.75. The van der Waals surface area contributed by atoms with Gasteiger partial charge < -0.3 is 0 Å². The highest BCUT2D eigenvalue weighted by molar-refractivity contribution is 7.17. The molecule has 0 amide bonds. The number of hydrogen-bond donors (Lipinski definition) is 0. The molecule has 0 aliphatic heterocycles. The summed E-state index contributed by atoms with van der Waals surface area (Å²) in [6.45, 7) is 8.50. The second-order valence-electron chi connectivity index (χ2n) is 6.53. The lowest BCUT2D eigenvalue weighted by atomic mass is 9.78. The van der Waals surface area contributed by atoms with E-state index in [0.29, 0.717) is 6.42 Å². The number of carbonyl (C=O) groups excluding carboxylic acids is 1. The summed E-state index contributed by atoms with van der Waals surface area (Å²) < 4.78 is 0. The van der Waals surface area contributed by atoms with Crippen LogP contribution in [0.5, 0.6) is 0 Å². The van der Waals surface area contributed by atoms with Gasteiger partial charge >= 0.3 is 0 Å². The fraction of sp³-hybridized carbons (Fsp3) is 0.412. The highest BCUT2D eigenvalue weighted by Crippen LogP contribution is 2.39. The Morgan fingerprint density at radius 1 is 1.15 bits per heavy atom. The minimum absolute atomic E-state index is 0.0403. The van der Waals surface area contributed by atoms with Crippen LogP contribution < -0.4 is 0 Å². The predicted molar refractivity (Wildman–Crippen MR) is 83.5 cm³/mol. The molecule has 20 heavy (non-hydrogen) atoms. The number of rotatable bonds is 1. The molecule has 0 N–H and O–H groups in total. The Balaban J connectivity index is 2.05. The Bertz CT molecular complexity index is 697. The number of thiazole rings is 1. The topological polar surface area (TPSA) is 30.0 Å². The quantitative estimate of drug-likeness (QED) is 0.767. The van der Waals surface area contributed by atoms with Crippen molar-refractivity contribution >= 4 is 17.1 Å². The van der Waals surface area contributed by atoms with Crippen LogP contribution in [-0.4, -0.2) is 10.8 Å². The molecule has 2 aromatic rings. The lowest BCUT2D eigenvalue weighted by Crippen LogP contribution is -2.25. The van der Waals surface area contributed by atoms with Crippen LogP contribution >= 0.6 is 11.3 Å². The fourth-order valence-corrected chi connectivity index (χ4v) is 3.73. The van der Waals surface area contributed by atoms with Crippen molar-refractivity contribution in [3.05, 3.63) is 39.9 Å². The van der Waals surface area contributed by atoms with Crippen molar-refractivity contribution in [2.75, 3.05) is 0 Å². The van der Waals surface area contributed by atoms with Crippen molar-refractivity contribution < 1.29 is 4.79 Å². The van der Waals surface area contributed by atoms with Gasteiger partial charge in [0.15, 0.2) is 5.78 Å².